The van der Waals surface area contributed by atoms with E-state index in [1.54, 1.807) is 6.07 Å². The van der Waals surface area contributed by atoms with Gasteiger partial charge in [0.2, 0.25) is 0 Å². The van der Waals surface area contributed by atoms with Crippen LogP contribution >= 0.6 is 0 Å². The van der Waals surface area contributed by atoms with Gasteiger partial charge in [-0.05, 0) is 25.3 Å². The van der Waals surface area contributed by atoms with Gasteiger partial charge in [0.05, 0.1) is 5.56 Å². The van der Waals surface area contributed by atoms with Crippen molar-refractivity contribution < 1.29 is 4.79 Å². The molecule has 1 aromatic rings. The van der Waals surface area contributed by atoms with Crippen molar-refractivity contribution in [1.29, 1.82) is 0 Å². The molecule has 4 nitrogen and oxygen atoms in total. The summed E-state index contributed by atoms with van der Waals surface area (Å²) in [6.07, 6.45) is 2.49. The number of anilines is 1. The van der Waals surface area contributed by atoms with Crippen LogP contribution in [0.1, 0.15) is 36.3 Å². The predicted octanol–water partition coefficient (Wildman–Crippen LogP) is 1.75. The maximum atomic E-state index is 11.7. The van der Waals surface area contributed by atoms with Crippen molar-refractivity contribution in [2.75, 3.05) is 12.3 Å². The number of aryl methyl sites for hydroxylation is 1. The number of nitrogen functional groups attached to an aromatic ring is 1. The smallest absolute Gasteiger partial charge is 0.254 e. The molecule has 3 N–H and O–H groups in total. The third-order valence-corrected chi connectivity index (χ3v) is 2.32. The summed E-state index contributed by atoms with van der Waals surface area (Å²) >= 11 is 0. The Labute approximate surface area is 96.3 Å². The van der Waals surface area contributed by atoms with Crippen molar-refractivity contribution in [3.05, 3.63) is 23.5 Å². The quantitative estimate of drug-likeness (QED) is 0.813. The van der Waals surface area contributed by atoms with Gasteiger partial charge in [-0.15, -0.1) is 0 Å². The largest absolute Gasteiger partial charge is 0.398 e. The third-order valence-electron chi connectivity index (χ3n) is 2.32. The Morgan fingerprint density at radius 1 is 1.56 bits per heavy atom. The zero-order valence-corrected chi connectivity index (χ0v) is 10.1. The van der Waals surface area contributed by atoms with E-state index in [0.29, 0.717) is 23.7 Å². The first-order valence-corrected chi connectivity index (χ1v) is 5.51. The number of hydrogen-bond donors (Lipinski definition) is 2. The lowest BCUT2D eigenvalue weighted by Gasteiger charge is -2.08. The molecule has 0 saturated carbocycles. The van der Waals surface area contributed by atoms with Gasteiger partial charge >= 0.3 is 0 Å². The van der Waals surface area contributed by atoms with Crippen molar-refractivity contribution in [1.82, 2.24) is 10.3 Å². The highest BCUT2D eigenvalue weighted by molar-refractivity contribution is 5.98. The molecule has 0 aromatic carbocycles. The summed E-state index contributed by atoms with van der Waals surface area (Å²) in [4.78, 5) is 15.8. The molecule has 1 rings (SSSR count). The van der Waals surface area contributed by atoms with E-state index >= 15 is 0 Å². The standard InChI is InChI=1S/C12H19N3O/c1-8(2)4-5-14-12(16)10-7-15-9(3)6-11(10)13/h6-8H,4-5H2,1-3H3,(H2,13,15)(H,14,16). The topological polar surface area (TPSA) is 68.0 Å². The van der Waals surface area contributed by atoms with Crippen molar-refractivity contribution in [2.45, 2.75) is 27.2 Å². The normalized spacial score (nSPS) is 10.5. The average molecular weight is 221 g/mol. The van der Waals surface area contributed by atoms with Gasteiger partial charge in [0, 0.05) is 24.1 Å². The number of nitrogens with two attached hydrogens (primary N) is 1. The number of pyridine rings is 1. The molecule has 16 heavy (non-hydrogen) atoms. The minimum absolute atomic E-state index is 0.148. The lowest BCUT2D eigenvalue weighted by Crippen LogP contribution is -2.26. The Bertz CT molecular complexity index is 375. The van der Waals surface area contributed by atoms with Crippen molar-refractivity contribution in [3.63, 3.8) is 0 Å². The van der Waals surface area contributed by atoms with Crippen molar-refractivity contribution in [3.8, 4) is 0 Å². The van der Waals surface area contributed by atoms with Gasteiger partial charge in [-0.25, -0.2) is 0 Å². The van der Waals surface area contributed by atoms with E-state index in [4.69, 9.17) is 5.73 Å². The second-order valence-corrected chi connectivity index (χ2v) is 4.35. The lowest BCUT2D eigenvalue weighted by molar-refractivity contribution is 0.0952. The van der Waals surface area contributed by atoms with Crippen molar-refractivity contribution >= 4 is 11.6 Å². The van der Waals surface area contributed by atoms with Gasteiger partial charge in [0.25, 0.3) is 5.91 Å². The van der Waals surface area contributed by atoms with E-state index in [2.05, 4.69) is 24.1 Å². The van der Waals surface area contributed by atoms with Gasteiger partial charge in [0.1, 0.15) is 0 Å². The minimum atomic E-state index is -0.148. The number of nitrogens with zero attached hydrogens (tertiary/aromatic N) is 1. The fourth-order valence-corrected chi connectivity index (χ4v) is 1.34. The number of rotatable bonds is 4. The van der Waals surface area contributed by atoms with Gasteiger partial charge in [-0.1, -0.05) is 13.8 Å². The van der Waals surface area contributed by atoms with E-state index < -0.39 is 0 Å². The maximum absolute atomic E-state index is 11.7. The SMILES string of the molecule is Cc1cc(N)c(C(=O)NCCC(C)C)cn1. The van der Waals surface area contributed by atoms with Gasteiger partial charge in [-0.2, -0.15) is 0 Å². The van der Waals surface area contributed by atoms with Crippen LogP contribution in [0.4, 0.5) is 5.69 Å². The van der Waals surface area contributed by atoms with Gasteiger partial charge in [-0.3, -0.25) is 9.78 Å². The molecular weight excluding hydrogens is 202 g/mol. The molecule has 0 atom stereocenters. The summed E-state index contributed by atoms with van der Waals surface area (Å²) in [5.74, 6) is 0.430. The van der Waals surface area contributed by atoms with E-state index in [0.717, 1.165) is 12.1 Å². The summed E-state index contributed by atoms with van der Waals surface area (Å²) < 4.78 is 0. The highest BCUT2D eigenvalue weighted by Gasteiger charge is 2.09. The molecule has 0 radical (unpaired) electrons. The van der Waals surface area contributed by atoms with E-state index in [1.165, 1.54) is 6.20 Å². The average Bonchev–Trinajstić information content (AvgIpc) is 2.16. The van der Waals surface area contributed by atoms with Gasteiger partial charge < -0.3 is 11.1 Å². The molecule has 4 heteroatoms. The van der Waals surface area contributed by atoms with Crippen LogP contribution in [-0.2, 0) is 0 Å². The zero-order valence-electron chi connectivity index (χ0n) is 10.1. The van der Waals surface area contributed by atoms with E-state index in [-0.39, 0.29) is 5.91 Å². The van der Waals surface area contributed by atoms with E-state index in [9.17, 15) is 4.79 Å². The Balaban J connectivity index is 2.59. The molecule has 1 amide bonds. The summed E-state index contributed by atoms with van der Waals surface area (Å²) in [6, 6.07) is 1.71. The van der Waals surface area contributed by atoms with Crippen LogP contribution in [0.15, 0.2) is 12.3 Å². The van der Waals surface area contributed by atoms with Crippen LogP contribution in [0.5, 0.6) is 0 Å². The number of aromatic nitrogens is 1. The third kappa shape index (κ3) is 3.53. The fraction of sp³-hybridized carbons (Fsp3) is 0.500. The molecule has 0 aliphatic heterocycles. The molecule has 88 valence electrons. The number of amides is 1. The highest BCUT2D eigenvalue weighted by atomic mass is 16.1. The first-order valence-electron chi connectivity index (χ1n) is 5.51. The molecule has 0 aliphatic carbocycles. The number of nitrogens with one attached hydrogen (secondary N) is 1. The minimum Gasteiger partial charge on any atom is -0.398 e. The Kier molecular flexibility index (Phi) is 4.28. The first kappa shape index (κ1) is 12.5. The van der Waals surface area contributed by atoms with Crippen LogP contribution in [0.25, 0.3) is 0 Å². The molecule has 0 spiro atoms. The predicted molar refractivity (Wildman–Crippen MR) is 65.2 cm³/mol. The summed E-state index contributed by atoms with van der Waals surface area (Å²) in [7, 11) is 0. The Morgan fingerprint density at radius 2 is 2.25 bits per heavy atom. The molecule has 0 fully saturated rings. The Morgan fingerprint density at radius 3 is 2.81 bits per heavy atom. The van der Waals surface area contributed by atoms with Crippen molar-refractivity contribution in [2.24, 2.45) is 5.92 Å². The van der Waals surface area contributed by atoms with Crippen LogP contribution < -0.4 is 11.1 Å². The van der Waals surface area contributed by atoms with Crippen LogP contribution in [0, 0.1) is 12.8 Å². The Hall–Kier alpha value is -1.58. The zero-order chi connectivity index (χ0) is 12.1. The molecular formula is C12H19N3O. The van der Waals surface area contributed by atoms with Crippen LogP contribution in [-0.4, -0.2) is 17.4 Å². The first-order chi connectivity index (χ1) is 7.50. The molecule has 0 bridgehead atoms. The molecule has 1 aromatic heterocycles. The maximum Gasteiger partial charge on any atom is 0.254 e. The van der Waals surface area contributed by atoms with E-state index in [1.807, 2.05) is 6.92 Å². The van der Waals surface area contributed by atoms with Gasteiger partial charge in [0.15, 0.2) is 0 Å². The lowest BCUT2D eigenvalue weighted by atomic mass is 10.1. The van der Waals surface area contributed by atoms with Crippen LogP contribution in [0.2, 0.25) is 0 Å². The molecule has 0 unspecified atom stereocenters. The second-order valence-electron chi connectivity index (χ2n) is 4.35. The number of carbonyl (C=O) groups excluding carboxylic acids is 1. The molecule has 0 saturated heterocycles. The molecule has 1 heterocycles. The molecule has 0 aliphatic rings. The summed E-state index contributed by atoms with van der Waals surface area (Å²) in [5.41, 5.74) is 7.50. The highest BCUT2D eigenvalue weighted by Crippen LogP contribution is 2.11. The second kappa shape index (κ2) is 5.49. The summed E-state index contributed by atoms with van der Waals surface area (Å²) in [6.45, 7) is 6.75. The van der Waals surface area contributed by atoms with Crippen LogP contribution in [0.3, 0.4) is 0 Å². The fourth-order valence-electron chi connectivity index (χ4n) is 1.34. The monoisotopic (exact) mass is 221 g/mol. The number of carbonyl (C=O) groups is 1. The number of hydrogen-bond acceptors (Lipinski definition) is 3. The summed E-state index contributed by atoms with van der Waals surface area (Å²) in [5, 5.41) is 2.83.